The van der Waals surface area contributed by atoms with E-state index in [4.69, 9.17) is 4.74 Å². The van der Waals surface area contributed by atoms with E-state index in [0.717, 1.165) is 23.6 Å². The fourth-order valence-corrected chi connectivity index (χ4v) is 1.83. The molecule has 0 aromatic carbocycles. The maximum atomic E-state index is 5.02. The van der Waals surface area contributed by atoms with Crippen LogP contribution in [0.4, 0.5) is 11.5 Å². The molecule has 0 aliphatic rings. The average Bonchev–Trinajstić information content (AvgIpc) is 3.05. The van der Waals surface area contributed by atoms with E-state index in [1.807, 2.05) is 23.1 Å². The van der Waals surface area contributed by atoms with Crippen molar-refractivity contribution in [2.45, 2.75) is 6.54 Å². The zero-order valence-corrected chi connectivity index (χ0v) is 10.5. The predicted molar refractivity (Wildman–Crippen MR) is 70.4 cm³/mol. The van der Waals surface area contributed by atoms with Gasteiger partial charge < -0.3 is 10.1 Å². The van der Waals surface area contributed by atoms with Crippen LogP contribution in [0.2, 0.25) is 0 Å². The average molecular weight is 258 g/mol. The van der Waals surface area contributed by atoms with Crippen molar-refractivity contribution in [3.8, 4) is 0 Å². The lowest BCUT2D eigenvalue weighted by atomic mass is 10.4. The highest BCUT2D eigenvalue weighted by molar-refractivity contribution is 5.72. The quantitative estimate of drug-likeness (QED) is 0.747. The first kappa shape index (κ1) is 11.7. The van der Waals surface area contributed by atoms with Crippen molar-refractivity contribution in [2.24, 2.45) is 0 Å². The molecule has 3 heterocycles. The number of rotatable bonds is 5. The Labute approximate surface area is 109 Å². The predicted octanol–water partition coefficient (Wildman–Crippen LogP) is 1.32. The summed E-state index contributed by atoms with van der Waals surface area (Å²) in [5, 5.41) is 11.6. The molecule has 7 nitrogen and oxygen atoms in total. The summed E-state index contributed by atoms with van der Waals surface area (Å²) in [7, 11) is 1.67. The highest BCUT2D eigenvalue weighted by Gasteiger charge is 2.05. The van der Waals surface area contributed by atoms with Crippen molar-refractivity contribution in [1.82, 2.24) is 24.4 Å². The van der Waals surface area contributed by atoms with E-state index >= 15 is 0 Å². The molecule has 0 radical (unpaired) electrons. The Balaban J connectivity index is 1.81. The van der Waals surface area contributed by atoms with Gasteiger partial charge in [0.1, 0.15) is 5.52 Å². The maximum absolute atomic E-state index is 5.02. The summed E-state index contributed by atoms with van der Waals surface area (Å²) in [5.41, 5.74) is 1.81. The molecule has 0 atom stereocenters. The standard InChI is InChI=1S/C12H14N6O/c1-19-7-6-17-9-10(8-15-17)16-12-11-2-3-14-18(11)5-4-13-12/h2-5,8-9H,6-7H2,1H3,(H,13,16). The van der Waals surface area contributed by atoms with E-state index in [-0.39, 0.29) is 0 Å². The van der Waals surface area contributed by atoms with Gasteiger partial charge in [0, 0.05) is 25.7 Å². The minimum atomic E-state index is 0.636. The van der Waals surface area contributed by atoms with E-state index < -0.39 is 0 Å². The Morgan fingerprint density at radius 2 is 2.26 bits per heavy atom. The normalized spacial score (nSPS) is 11.0. The number of ether oxygens (including phenoxy) is 1. The molecule has 0 unspecified atom stereocenters. The van der Waals surface area contributed by atoms with E-state index in [1.165, 1.54) is 0 Å². The summed E-state index contributed by atoms with van der Waals surface area (Å²) in [6.07, 6.45) is 8.93. The Kier molecular flexibility index (Phi) is 3.11. The molecule has 0 saturated heterocycles. The van der Waals surface area contributed by atoms with Crippen molar-refractivity contribution in [3.05, 3.63) is 37.1 Å². The van der Waals surface area contributed by atoms with E-state index in [9.17, 15) is 0 Å². The zero-order valence-electron chi connectivity index (χ0n) is 10.5. The number of hydrogen-bond donors (Lipinski definition) is 1. The van der Waals surface area contributed by atoms with Gasteiger partial charge in [-0.15, -0.1) is 0 Å². The summed E-state index contributed by atoms with van der Waals surface area (Å²) in [6, 6.07) is 1.91. The zero-order chi connectivity index (χ0) is 13.1. The lowest BCUT2D eigenvalue weighted by Gasteiger charge is -2.04. The largest absolute Gasteiger partial charge is 0.383 e. The van der Waals surface area contributed by atoms with Gasteiger partial charge in [-0.3, -0.25) is 4.68 Å². The third kappa shape index (κ3) is 2.41. The fraction of sp³-hybridized carbons (Fsp3) is 0.250. The first-order chi connectivity index (χ1) is 9.36. The molecule has 3 aromatic rings. The third-order valence-electron chi connectivity index (χ3n) is 2.74. The maximum Gasteiger partial charge on any atom is 0.156 e. The third-order valence-corrected chi connectivity index (χ3v) is 2.74. The second kappa shape index (κ2) is 5.07. The fourth-order valence-electron chi connectivity index (χ4n) is 1.83. The van der Waals surface area contributed by atoms with Gasteiger partial charge in [-0.2, -0.15) is 10.2 Å². The summed E-state index contributed by atoms with van der Waals surface area (Å²) in [4.78, 5) is 4.31. The number of nitrogens with one attached hydrogen (secondary N) is 1. The van der Waals surface area contributed by atoms with Crippen LogP contribution in [0, 0.1) is 0 Å². The molecule has 3 rings (SSSR count). The van der Waals surface area contributed by atoms with Crippen LogP contribution in [0.1, 0.15) is 0 Å². The molecule has 1 N–H and O–H groups in total. The highest BCUT2D eigenvalue weighted by atomic mass is 16.5. The molecular weight excluding hydrogens is 244 g/mol. The van der Waals surface area contributed by atoms with Crippen molar-refractivity contribution in [3.63, 3.8) is 0 Å². The number of nitrogens with zero attached hydrogens (tertiary/aromatic N) is 5. The minimum Gasteiger partial charge on any atom is -0.383 e. The molecule has 0 spiro atoms. The Bertz CT molecular complexity index is 673. The van der Waals surface area contributed by atoms with E-state index in [1.54, 1.807) is 30.2 Å². The number of anilines is 2. The smallest absolute Gasteiger partial charge is 0.156 e. The van der Waals surface area contributed by atoms with E-state index in [0.29, 0.717) is 6.61 Å². The lowest BCUT2D eigenvalue weighted by molar-refractivity contribution is 0.183. The Morgan fingerprint density at radius 3 is 3.16 bits per heavy atom. The summed E-state index contributed by atoms with van der Waals surface area (Å²) >= 11 is 0. The van der Waals surface area contributed by atoms with Gasteiger partial charge in [-0.1, -0.05) is 0 Å². The number of fused-ring (bicyclic) bond motifs is 1. The van der Waals surface area contributed by atoms with Gasteiger partial charge in [0.25, 0.3) is 0 Å². The van der Waals surface area contributed by atoms with Gasteiger partial charge in [0.2, 0.25) is 0 Å². The minimum absolute atomic E-state index is 0.636. The summed E-state index contributed by atoms with van der Waals surface area (Å²) in [6.45, 7) is 1.36. The van der Waals surface area contributed by atoms with Crippen LogP contribution in [-0.2, 0) is 11.3 Å². The SMILES string of the molecule is COCCn1cc(Nc2nccn3nccc23)cn1. The Hall–Kier alpha value is -2.41. The lowest BCUT2D eigenvalue weighted by Crippen LogP contribution is -2.04. The van der Waals surface area contributed by atoms with Crippen molar-refractivity contribution in [1.29, 1.82) is 0 Å². The molecule has 0 saturated carbocycles. The van der Waals surface area contributed by atoms with Crippen LogP contribution in [0.15, 0.2) is 37.1 Å². The molecule has 0 aliphatic carbocycles. The molecule has 0 aliphatic heterocycles. The van der Waals surface area contributed by atoms with Crippen LogP contribution in [0.3, 0.4) is 0 Å². The monoisotopic (exact) mass is 258 g/mol. The van der Waals surface area contributed by atoms with Crippen LogP contribution in [-0.4, -0.2) is 38.1 Å². The summed E-state index contributed by atoms with van der Waals surface area (Å²) < 4.78 is 8.61. The molecule has 0 bridgehead atoms. The van der Waals surface area contributed by atoms with Crippen molar-refractivity contribution in [2.75, 3.05) is 19.0 Å². The Morgan fingerprint density at radius 1 is 1.32 bits per heavy atom. The van der Waals surface area contributed by atoms with Gasteiger partial charge in [0.05, 0.1) is 31.2 Å². The van der Waals surface area contributed by atoms with Crippen molar-refractivity contribution < 1.29 is 4.74 Å². The molecule has 98 valence electrons. The molecule has 19 heavy (non-hydrogen) atoms. The van der Waals surface area contributed by atoms with Crippen LogP contribution in [0.5, 0.6) is 0 Å². The molecule has 0 amide bonds. The van der Waals surface area contributed by atoms with E-state index in [2.05, 4.69) is 20.5 Å². The van der Waals surface area contributed by atoms with Crippen LogP contribution in [0.25, 0.3) is 5.52 Å². The highest BCUT2D eigenvalue weighted by Crippen LogP contribution is 2.18. The first-order valence-corrected chi connectivity index (χ1v) is 5.93. The molecule has 3 aromatic heterocycles. The van der Waals surface area contributed by atoms with Crippen LogP contribution < -0.4 is 5.32 Å². The topological polar surface area (TPSA) is 69.3 Å². The first-order valence-electron chi connectivity index (χ1n) is 5.93. The van der Waals surface area contributed by atoms with Crippen molar-refractivity contribution >= 4 is 17.0 Å². The molecule has 0 fully saturated rings. The second-order valence-corrected chi connectivity index (χ2v) is 4.05. The molecular formula is C12H14N6O. The molecule has 7 heteroatoms. The number of hydrogen-bond acceptors (Lipinski definition) is 5. The van der Waals surface area contributed by atoms with Crippen LogP contribution >= 0.6 is 0 Å². The second-order valence-electron chi connectivity index (χ2n) is 4.05. The number of aromatic nitrogens is 5. The summed E-state index contributed by atoms with van der Waals surface area (Å²) in [5.74, 6) is 0.756. The van der Waals surface area contributed by atoms with Gasteiger partial charge >= 0.3 is 0 Å². The van der Waals surface area contributed by atoms with Gasteiger partial charge in [-0.05, 0) is 6.07 Å². The van der Waals surface area contributed by atoms with Gasteiger partial charge in [0.15, 0.2) is 5.82 Å². The number of methoxy groups -OCH3 is 1. The van der Waals surface area contributed by atoms with Gasteiger partial charge in [-0.25, -0.2) is 9.50 Å².